The van der Waals surface area contributed by atoms with E-state index >= 15 is 0 Å². The second kappa shape index (κ2) is 8.97. The molecule has 1 fully saturated rings. The summed E-state index contributed by atoms with van der Waals surface area (Å²) >= 11 is 0. The normalized spacial score (nSPS) is 22.2. The lowest BCUT2D eigenvalue weighted by Crippen LogP contribution is -2.29. The van der Waals surface area contributed by atoms with Crippen molar-refractivity contribution in [1.82, 2.24) is 20.4 Å². The quantitative estimate of drug-likeness (QED) is 0.727. The van der Waals surface area contributed by atoms with Crippen molar-refractivity contribution >= 4 is 0 Å². The summed E-state index contributed by atoms with van der Waals surface area (Å²) in [7, 11) is 6.01. The molecule has 2 rings (SSSR count). The zero-order valence-corrected chi connectivity index (χ0v) is 16.2. The summed E-state index contributed by atoms with van der Waals surface area (Å²) in [6.07, 6.45) is 8.31. The summed E-state index contributed by atoms with van der Waals surface area (Å²) in [6, 6.07) is 0. The summed E-state index contributed by atoms with van der Waals surface area (Å²) in [5.74, 6) is 1.43. The van der Waals surface area contributed by atoms with Crippen LogP contribution >= 0.6 is 0 Å². The van der Waals surface area contributed by atoms with E-state index in [4.69, 9.17) is 4.74 Å². The van der Waals surface area contributed by atoms with Crippen molar-refractivity contribution in [1.29, 1.82) is 0 Å². The van der Waals surface area contributed by atoms with Crippen LogP contribution in [0.2, 0.25) is 0 Å². The summed E-state index contributed by atoms with van der Waals surface area (Å²) in [5.41, 5.74) is 2.75. The predicted molar refractivity (Wildman–Crippen MR) is 99.3 cm³/mol. The molecule has 0 bridgehead atoms. The minimum absolute atomic E-state index is 0.00662. The Morgan fingerprint density at radius 1 is 1.33 bits per heavy atom. The van der Waals surface area contributed by atoms with E-state index in [1.165, 1.54) is 43.4 Å². The molecule has 5 nitrogen and oxygen atoms in total. The van der Waals surface area contributed by atoms with Crippen LogP contribution in [0.15, 0.2) is 6.20 Å². The maximum atomic E-state index is 5.61. The van der Waals surface area contributed by atoms with Gasteiger partial charge in [-0.05, 0) is 66.0 Å². The van der Waals surface area contributed by atoms with Crippen molar-refractivity contribution in [3.05, 3.63) is 17.5 Å². The number of likely N-dealkylation sites (N-methyl/N-ethyl adjacent to an activating group) is 2. The summed E-state index contributed by atoms with van der Waals surface area (Å²) in [5, 5.41) is 10.8. The molecule has 1 aliphatic rings. The van der Waals surface area contributed by atoms with Gasteiger partial charge in [-0.1, -0.05) is 0 Å². The number of rotatable bonds is 9. The SMILES string of the molecule is CNCCN(C)Cc1cn[nH]c1C1CCC(CC(C)(C)OC)CC1. The van der Waals surface area contributed by atoms with Gasteiger partial charge in [0.25, 0.3) is 0 Å². The van der Waals surface area contributed by atoms with E-state index in [0.29, 0.717) is 5.92 Å². The standard InChI is InChI=1S/C19H36N4O/c1-19(2,24-5)12-15-6-8-16(9-7-15)18-17(13-21-22-18)14-23(4)11-10-20-3/h13,15-16,20H,6-12,14H2,1-5H3,(H,21,22). The average molecular weight is 337 g/mol. The molecule has 0 saturated heterocycles. The van der Waals surface area contributed by atoms with Gasteiger partial charge in [0, 0.05) is 43.9 Å². The van der Waals surface area contributed by atoms with Crippen LogP contribution in [-0.2, 0) is 11.3 Å². The van der Waals surface area contributed by atoms with E-state index in [9.17, 15) is 0 Å². The first-order valence-corrected chi connectivity index (χ1v) is 9.35. The Hall–Kier alpha value is -0.910. The molecule has 1 aromatic heterocycles. The molecule has 0 atom stereocenters. The zero-order valence-electron chi connectivity index (χ0n) is 16.2. The molecular formula is C19H36N4O. The second-order valence-electron chi connectivity index (χ2n) is 8.04. The monoisotopic (exact) mass is 336 g/mol. The number of nitrogens with zero attached hydrogens (tertiary/aromatic N) is 2. The largest absolute Gasteiger partial charge is 0.379 e. The third-order valence-corrected chi connectivity index (χ3v) is 5.52. The Morgan fingerprint density at radius 3 is 2.67 bits per heavy atom. The van der Waals surface area contributed by atoms with Crippen LogP contribution in [0.4, 0.5) is 0 Å². The number of methoxy groups -OCH3 is 1. The first-order chi connectivity index (χ1) is 11.4. The summed E-state index contributed by atoms with van der Waals surface area (Å²) < 4.78 is 5.61. The molecule has 0 unspecified atom stereocenters. The minimum Gasteiger partial charge on any atom is -0.379 e. The molecule has 138 valence electrons. The fourth-order valence-corrected chi connectivity index (χ4v) is 3.91. The lowest BCUT2D eigenvalue weighted by molar-refractivity contribution is -0.00305. The van der Waals surface area contributed by atoms with Gasteiger partial charge in [0.1, 0.15) is 0 Å². The number of hydrogen-bond acceptors (Lipinski definition) is 4. The number of aromatic nitrogens is 2. The van der Waals surface area contributed by atoms with Crippen molar-refractivity contribution in [2.45, 2.75) is 64.0 Å². The van der Waals surface area contributed by atoms with Gasteiger partial charge in [0.15, 0.2) is 0 Å². The molecule has 2 N–H and O–H groups in total. The van der Waals surface area contributed by atoms with Gasteiger partial charge in [-0.3, -0.25) is 5.10 Å². The maximum Gasteiger partial charge on any atom is 0.0625 e. The van der Waals surface area contributed by atoms with Crippen LogP contribution < -0.4 is 5.32 Å². The lowest BCUT2D eigenvalue weighted by Gasteiger charge is -2.33. The van der Waals surface area contributed by atoms with Crippen molar-refractivity contribution in [3.8, 4) is 0 Å². The van der Waals surface area contributed by atoms with Crippen molar-refractivity contribution < 1.29 is 4.74 Å². The molecular weight excluding hydrogens is 300 g/mol. The molecule has 1 aromatic rings. The average Bonchev–Trinajstić information content (AvgIpc) is 3.01. The molecule has 1 saturated carbocycles. The molecule has 0 amide bonds. The van der Waals surface area contributed by atoms with E-state index < -0.39 is 0 Å². The molecule has 0 aromatic carbocycles. The van der Waals surface area contributed by atoms with Crippen LogP contribution in [0, 0.1) is 5.92 Å². The number of ether oxygens (including phenoxy) is 1. The Morgan fingerprint density at radius 2 is 2.04 bits per heavy atom. The van der Waals surface area contributed by atoms with Crippen molar-refractivity contribution in [3.63, 3.8) is 0 Å². The highest BCUT2D eigenvalue weighted by Gasteiger charge is 2.29. The highest BCUT2D eigenvalue weighted by atomic mass is 16.5. The van der Waals surface area contributed by atoms with Crippen molar-refractivity contribution in [2.75, 3.05) is 34.3 Å². The first-order valence-electron chi connectivity index (χ1n) is 9.35. The van der Waals surface area contributed by atoms with E-state index in [1.54, 1.807) is 0 Å². The van der Waals surface area contributed by atoms with Gasteiger partial charge < -0.3 is 15.0 Å². The first kappa shape index (κ1) is 19.4. The predicted octanol–water partition coefficient (Wildman–Crippen LogP) is 3.15. The third-order valence-electron chi connectivity index (χ3n) is 5.52. The van der Waals surface area contributed by atoms with E-state index in [0.717, 1.165) is 25.6 Å². The third kappa shape index (κ3) is 5.57. The fourth-order valence-electron chi connectivity index (χ4n) is 3.91. The summed E-state index contributed by atoms with van der Waals surface area (Å²) in [6.45, 7) is 7.45. The Kier molecular flexibility index (Phi) is 7.26. The van der Waals surface area contributed by atoms with Crippen LogP contribution in [0.1, 0.15) is 63.1 Å². The number of aromatic amines is 1. The highest BCUT2D eigenvalue weighted by molar-refractivity contribution is 5.21. The van der Waals surface area contributed by atoms with E-state index in [-0.39, 0.29) is 5.60 Å². The number of nitrogens with one attached hydrogen (secondary N) is 2. The van der Waals surface area contributed by atoms with Gasteiger partial charge >= 0.3 is 0 Å². The minimum atomic E-state index is 0.00662. The van der Waals surface area contributed by atoms with Crippen LogP contribution in [0.25, 0.3) is 0 Å². The van der Waals surface area contributed by atoms with Gasteiger partial charge in [0.2, 0.25) is 0 Å². The molecule has 1 heterocycles. The van der Waals surface area contributed by atoms with Crippen LogP contribution in [-0.4, -0.2) is 55.0 Å². The number of hydrogen-bond donors (Lipinski definition) is 2. The van der Waals surface area contributed by atoms with E-state index in [2.05, 4.69) is 41.3 Å². The molecule has 0 radical (unpaired) electrons. The maximum absolute atomic E-state index is 5.61. The van der Waals surface area contributed by atoms with Crippen molar-refractivity contribution in [2.24, 2.45) is 5.92 Å². The fraction of sp³-hybridized carbons (Fsp3) is 0.842. The zero-order chi connectivity index (χ0) is 17.6. The van der Waals surface area contributed by atoms with Gasteiger partial charge in [-0.15, -0.1) is 0 Å². The second-order valence-corrected chi connectivity index (χ2v) is 8.04. The Bertz CT molecular complexity index is 477. The highest BCUT2D eigenvalue weighted by Crippen LogP contribution is 2.39. The smallest absolute Gasteiger partial charge is 0.0625 e. The van der Waals surface area contributed by atoms with Gasteiger partial charge in [-0.2, -0.15) is 5.10 Å². The van der Waals surface area contributed by atoms with Gasteiger partial charge in [0.05, 0.1) is 11.8 Å². The Labute approximate surface area is 147 Å². The van der Waals surface area contributed by atoms with Gasteiger partial charge in [-0.25, -0.2) is 0 Å². The van der Waals surface area contributed by atoms with Crippen LogP contribution in [0.5, 0.6) is 0 Å². The Balaban J connectivity index is 1.87. The molecule has 5 heteroatoms. The molecule has 1 aliphatic carbocycles. The lowest BCUT2D eigenvalue weighted by atomic mass is 9.76. The molecule has 24 heavy (non-hydrogen) atoms. The topological polar surface area (TPSA) is 53.2 Å². The summed E-state index contributed by atoms with van der Waals surface area (Å²) in [4.78, 5) is 2.36. The number of H-pyrrole nitrogens is 1. The van der Waals surface area contributed by atoms with Crippen LogP contribution in [0.3, 0.4) is 0 Å². The molecule has 0 spiro atoms. The molecule has 0 aliphatic heterocycles. The van der Waals surface area contributed by atoms with E-state index in [1.807, 2.05) is 20.4 Å².